The summed E-state index contributed by atoms with van der Waals surface area (Å²) in [5, 5.41) is 3.31. The van der Waals surface area contributed by atoms with Gasteiger partial charge in [0, 0.05) is 6.04 Å². The van der Waals surface area contributed by atoms with E-state index in [2.05, 4.69) is 11.2 Å². The number of halogens is 2. The van der Waals surface area contributed by atoms with Gasteiger partial charge in [0.25, 0.3) is 0 Å². The molecule has 15 heavy (non-hydrogen) atoms. The molecule has 0 aliphatic carbocycles. The number of nitrogens with one attached hydrogen (secondary N) is 1. The highest BCUT2D eigenvalue weighted by Crippen LogP contribution is 2.34. The molecule has 2 unspecified atom stereocenters. The quantitative estimate of drug-likeness (QED) is 0.805. The SMILES string of the molecule is C#CC(CC)NC(C)c1cc(Cl)sc1Cl. The van der Waals surface area contributed by atoms with E-state index in [0.717, 1.165) is 16.3 Å². The molecule has 2 atom stereocenters. The first-order chi connectivity index (χ1) is 7.08. The fourth-order valence-electron chi connectivity index (χ4n) is 1.32. The third-order valence-corrected chi connectivity index (χ3v) is 3.73. The molecule has 0 radical (unpaired) electrons. The van der Waals surface area contributed by atoms with Gasteiger partial charge in [0.15, 0.2) is 0 Å². The monoisotopic (exact) mass is 261 g/mol. The molecule has 0 aliphatic rings. The van der Waals surface area contributed by atoms with Gasteiger partial charge < -0.3 is 0 Å². The van der Waals surface area contributed by atoms with Crippen LogP contribution in [0.5, 0.6) is 0 Å². The second kappa shape index (κ2) is 5.77. The maximum atomic E-state index is 6.05. The second-order valence-electron chi connectivity index (χ2n) is 3.30. The van der Waals surface area contributed by atoms with Crippen LogP contribution in [-0.2, 0) is 0 Å². The summed E-state index contributed by atoms with van der Waals surface area (Å²) in [5.41, 5.74) is 1.01. The minimum Gasteiger partial charge on any atom is -0.297 e. The van der Waals surface area contributed by atoms with E-state index in [0.29, 0.717) is 4.34 Å². The van der Waals surface area contributed by atoms with Crippen LogP contribution in [-0.4, -0.2) is 6.04 Å². The Morgan fingerprint density at radius 2 is 2.27 bits per heavy atom. The zero-order valence-electron chi connectivity index (χ0n) is 8.68. The molecule has 0 saturated carbocycles. The Labute approximate surface area is 105 Å². The molecule has 4 heteroatoms. The maximum Gasteiger partial charge on any atom is 0.0991 e. The van der Waals surface area contributed by atoms with Gasteiger partial charge in [-0.05, 0) is 25.0 Å². The summed E-state index contributed by atoms with van der Waals surface area (Å²) in [6.45, 7) is 4.08. The summed E-state index contributed by atoms with van der Waals surface area (Å²) >= 11 is 13.3. The van der Waals surface area contributed by atoms with Crippen molar-refractivity contribution in [2.24, 2.45) is 0 Å². The summed E-state index contributed by atoms with van der Waals surface area (Å²) in [4.78, 5) is 0. The molecule has 0 spiro atoms. The van der Waals surface area contributed by atoms with Gasteiger partial charge in [-0.15, -0.1) is 17.8 Å². The average molecular weight is 262 g/mol. The number of hydrogen-bond donors (Lipinski definition) is 1. The Balaban J connectivity index is 2.73. The Morgan fingerprint density at radius 1 is 1.60 bits per heavy atom. The molecule has 1 aromatic rings. The third-order valence-electron chi connectivity index (χ3n) is 2.21. The van der Waals surface area contributed by atoms with Crippen LogP contribution in [0.4, 0.5) is 0 Å². The van der Waals surface area contributed by atoms with E-state index in [1.54, 1.807) is 0 Å². The number of thiophene rings is 1. The van der Waals surface area contributed by atoms with Crippen LogP contribution < -0.4 is 5.32 Å². The number of rotatable bonds is 4. The molecule has 0 aromatic carbocycles. The van der Waals surface area contributed by atoms with Gasteiger partial charge in [-0.25, -0.2) is 0 Å². The van der Waals surface area contributed by atoms with Crippen molar-refractivity contribution in [3.8, 4) is 12.3 Å². The first-order valence-electron chi connectivity index (χ1n) is 4.75. The molecule has 1 heterocycles. The van der Waals surface area contributed by atoms with Crippen LogP contribution >= 0.6 is 34.5 Å². The molecule has 82 valence electrons. The van der Waals surface area contributed by atoms with Gasteiger partial charge in [-0.2, -0.15) is 0 Å². The molecule has 0 fully saturated rings. The Morgan fingerprint density at radius 3 is 2.67 bits per heavy atom. The third kappa shape index (κ3) is 3.39. The standard InChI is InChI=1S/C11H13Cl2NS/c1-4-8(5-2)14-7(3)9-6-10(12)15-11(9)13/h1,6-8,14H,5H2,2-3H3. The largest absolute Gasteiger partial charge is 0.297 e. The molecule has 1 rings (SSSR count). The van der Waals surface area contributed by atoms with Crippen LogP contribution in [0.3, 0.4) is 0 Å². The normalized spacial score (nSPS) is 14.6. The molecular formula is C11H13Cl2NS. The molecule has 0 bridgehead atoms. The summed E-state index contributed by atoms with van der Waals surface area (Å²) < 4.78 is 1.43. The zero-order valence-corrected chi connectivity index (χ0v) is 11.0. The van der Waals surface area contributed by atoms with E-state index < -0.39 is 0 Å². The highest BCUT2D eigenvalue weighted by Gasteiger charge is 2.15. The van der Waals surface area contributed by atoms with E-state index in [1.807, 2.05) is 19.9 Å². The first-order valence-corrected chi connectivity index (χ1v) is 6.32. The number of hydrogen-bond acceptors (Lipinski definition) is 2. The predicted molar refractivity (Wildman–Crippen MR) is 68.8 cm³/mol. The minimum absolute atomic E-state index is 0.0785. The van der Waals surface area contributed by atoms with Crippen molar-refractivity contribution in [1.82, 2.24) is 5.32 Å². The summed E-state index contributed by atoms with van der Waals surface area (Å²) in [5.74, 6) is 2.69. The first kappa shape index (κ1) is 12.9. The van der Waals surface area contributed by atoms with Gasteiger partial charge >= 0.3 is 0 Å². The Kier molecular flexibility index (Phi) is 4.95. The average Bonchev–Trinajstić information content (AvgIpc) is 2.54. The zero-order chi connectivity index (χ0) is 11.4. The van der Waals surface area contributed by atoms with E-state index >= 15 is 0 Å². The van der Waals surface area contributed by atoms with Crippen molar-refractivity contribution in [1.29, 1.82) is 0 Å². The lowest BCUT2D eigenvalue weighted by Gasteiger charge is -2.17. The van der Waals surface area contributed by atoms with Crippen molar-refractivity contribution in [2.75, 3.05) is 0 Å². The van der Waals surface area contributed by atoms with Crippen LogP contribution in [0.15, 0.2) is 6.07 Å². The highest BCUT2D eigenvalue weighted by atomic mass is 35.5. The van der Waals surface area contributed by atoms with Gasteiger partial charge in [0.2, 0.25) is 0 Å². The predicted octanol–water partition coefficient (Wildman–Crippen LogP) is 4.12. The Hall–Kier alpha value is -0.200. The van der Waals surface area contributed by atoms with Crippen LogP contribution in [0.2, 0.25) is 8.67 Å². The van der Waals surface area contributed by atoms with E-state index in [9.17, 15) is 0 Å². The van der Waals surface area contributed by atoms with E-state index in [-0.39, 0.29) is 12.1 Å². The van der Waals surface area contributed by atoms with Crippen molar-refractivity contribution in [2.45, 2.75) is 32.4 Å². The van der Waals surface area contributed by atoms with E-state index in [4.69, 9.17) is 29.6 Å². The lowest BCUT2D eigenvalue weighted by atomic mass is 10.1. The number of terminal acetylenes is 1. The van der Waals surface area contributed by atoms with Crippen LogP contribution in [0.1, 0.15) is 31.9 Å². The summed E-state index contributed by atoms with van der Waals surface area (Å²) in [6.07, 6.45) is 6.28. The molecule has 1 N–H and O–H groups in total. The van der Waals surface area contributed by atoms with Crippen molar-refractivity contribution in [3.05, 3.63) is 20.3 Å². The molecule has 0 aliphatic heterocycles. The molecule has 0 saturated heterocycles. The lowest BCUT2D eigenvalue weighted by Crippen LogP contribution is -2.29. The molecule has 1 nitrogen and oxygen atoms in total. The minimum atomic E-state index is 0.0785. The summed E-state index contributed by atoms with van der Waals surface area (Å²) in [6, 6.07) is 2.09. The molecule has 1 aromatic heterocycles. The van der Waals surface area contributed by atoms with Crippen molar-refractivity contribution < 1.29 is 0 Å². The van der Waals surface area contributed by atoms with Crippen molar-refractivity contribution >= 4 is 34.5 Å². The van der Waals surface area contributed by atoms with Gasteiger partial charge in [0.05, 0.1) is 14.7 Å². The maximum absolute atomic E-state index is 6.05. The fraction of sp³-hybridized carbons (Fsp3) is 0.455. The van der Waals surface area contributed by atoms with Gasteiger partial charge in [-0.3, -0.25) is 5.32 Å². The van der Waals surface area contributed by atoms with E-state index in [1.165, 1.54) is 11.3 Å². The smallest absolute Gasteiger partial charge is 0.0991 e. The van der Waals surface area contributed by atoms with Gasteiger partial charge in [0.1, 0.15) is 0 Å². The molecule has 0 amide bonds. The highest BCUT2D eigenvalue weighted by molar-refractivity contribution is 7.20. The van der Waals surface area contributed by atoms with Gasteiger partial charge in [-0.1, -0.05) is 36.0 Å². The topological polar surface area (TPSA) is 12.0 Å². The fourth-order valence-corrected chi connectivity index (χ4v) is 2.97. The second-order valence-corrected chi connectivity index (χ2v) is 5.58. The Bertz CT molecular complexity index is 367. The van der Waals surface area contributed by atoms with Crippen molar-refractivity contribution in [3.63, 3.8) is 0 Å². The lowest BCUT2D eigenvalue weighted by molar-refractivity contribution is 0.513. The van der Waals surface area contributed by atoms with Crippen LogP contribution in [0, 0.1) is 12.3 Å². The van der Waals surface area contributed by atoms with Crippen LogP contribution in [0.25, 0.3) is 0 Å². The summed E-state index contributed by atoms with van der Waals surface area (Å²) in [7, 11) is 0. The molecular weight excluding hydrogens is 249 g/mol.